The summed E-state index contributed by atoms with van der Waals surface area (Å²) in [5.41, 5.74) is 2.18. The van der Waals surface area contributed by atoms with Gasteiger partial charge >= 0.3 is 0 Å². The highest BCUT2D eigenvalue weighted by Crippen LogP contribution is 2.22. The predicted molar refractivity (Wildman–Crippen MR) is 108 cm³/mol. The van der Waals surface area contributed by atoms with Crippen LogP contribution >= 0.6 is 0 Å². The van der Waals surface area contributed by atoms with Crippen molar-refractivity contribution in [1.29, 1.82) is 0 Å². The Labute approximate surface area is 162 Å². The summed E-state index contributed by atoms with van der Waals surface area (Å²) >= 11 is 0. The fraction of sp³-hybridized carbons (Fsp3) is 0.0500. The van der Waals surface area contributed by atoms with Gasteiger partial charge in [0.2, 0.25) is 5.91 Å². The summed E-state index contributed by atoms with van der Waals surface area (Å²) in [4.78, 5) is 11.1. The molecule has 0 aromatic heterocycles. The van der Waals surface area contributed by atoms with E-state index < -0.39 is 10.0 Å². The van der Waals surface area contributed by atoms with Crippen molar-refractivity contribution in [3.8, 4) is 0 Å². The first-order valence-corrected chi connectivity index (χ1v) is 9.83. The molecule has 144 valence electrons. The van der Waals surface area contributed by atoms with Gasteiger partial charge in [-0.25, -0.2) is 12.8 Å². The molecule has 6 nitrogen and oxygen atoms in total. The quantitative estimate of drug-likeness (QED) is 0.576. The SMILES string of the molecule is CC(=O)Nc1ccc(S(=O)(=O)Nc2ccc(Nc3cccc(F)c3)cc2)cc1. The van der Waals surface area contributed by atoms with Gasteiger partial charge in [-0.15, -0.1) is 0 Å². The Bertz CT molecular complexity index is 1080. The van der Waals surface area contributed by atoms with Crippen LogP contribution in [-0.4, -0.2) is 14.3 Å². The molecule has 0 fully saturated rings. The monoisotopic (exact) mass is 399 g/mol. The van der Waals surface area contributed by atoms with Crippen LogP contribution in [-0.2, 0) is 14.8 Å². The van der Waals surface area contributed by atoms with E-state index in [1.165, 1.54) is 43.3 Å². The third-order valence-corrected chi connectivity index (χ3v) is 5.13. The molecule has 0 saturated heterocycles. The van der Waals surface area contributed by atoms with Gasteiger partial charge in [-0.1, -0.05) is 6.07 Å². The number of anilines is 4. The van der Waals surface area contributed by atoms with Crippen molar-refractivity contribution >= 4 is 38.7 Å². The van der Waals surface area contributed by atoms with E-state index in [2.05, 4.69) is 15.4 Å². The van der Waals surface area contributed by atoms with E-state index in [0.29, 0.717) is 22.7 Å². The van der Waals surface area contributed by atoms with Crippen molar-refractivity contribution in [2.24, 2.45) is 0 Å². The molecule has 8 heteroatoms. The Morgan fingerprint density at radius 2 is 1.43 bits per heavy atom. The third kappa shape index (κ3) is 5.08. The minimum atomic E-state index is -3.77. The molecule has 1 amide bonds. The van der Waals surface area contributed by atoms with Gasteiger partial charge in [0.15, 0.2) is 0 Å². The van der Waals surface area contributed by atoms with Gasteiger partial charge in [0.05, 0.1) is 4.90 Å². The second-order valence-electron chi connectivity index (χ2n) is 6.02. The summed E-state index contributed by atoms with van der Waals surface area (Å²) in [5, 5.41) is 5.61. The molecule has 0 aliphatic rings. The number of hydrogen-bond acceptors (Lipinski definition) is 4. The van der Waals surface area contributed by atoms with Crippen LogP contribution in [0.3, 0.4) is 0 Å². The maximum atomic E-state index is 13.2. The maximum Gasteiger partial charge on any atom is 0.261 e. The Morgan fingerprint density at radius 1 is 0.821 bits per heavy atom. The lowest BCUT2D eigenvalue weighted by Gasteiger charge is -2.11. The molecule has 3 aromatic rings. The molecule has 0 aliphatic carbocycles. The molecular formula is C20H18FN3O3S. The number of rotatable bonds is 6. The molecule has 0 bridgehead atoms. The highest BCUT2D eigenvalue weighted by atomic mass is 32.2. The summed E-state index contributed by atoms with van der Waals surface area (Å²) in [6.07, 6.45) is 0. The normalized spacial score (nSPS) is 10.9. The lowest BCUT2D eigenvalue weighted by molar-refractivity contribution is -0.114. The van der Waals surface area contributed by atoms with Crippen LogP contribution in [0.5, 0.6) is 0 Å². The van der Waals surface area contributed by atoms with Crippen LogP contribution in [0.25, 0.3) is 0 Å². The van der Waals surface area contributed by atoms with Crippen LogP contribution in [0.2, 0.25) is 0 Å². The molecule has 28 heavy (non-hydrogen) atoms. The van der Waals surface area contributed by atoms with Crippen molar-refractivity contribution in [1.82, 2.24) is 0 Å². The molecule has 0 heterocycles. The zero-order chi connectivity index (χ0) is 20.1. The standard InChI is InChI=1S/C20H18FN3O3S/c1-14(25)22-16-9-11-20(12-10-16)28(26,27)24-18-7-5-17(6-8-18)23-19-4-2-3-15(21)13-19/h2-13,23-24H,1H3,(H,22,25). The minimum Gasteiger partial charge on any atom is -0.355 e. The van der Waals surface area contributed by atoms with Crippen molar-refractivity contribution < 1.29 is 17.6 Å². The molecule has 0 spiro atoms. The van der Waals surface area contributed by atoms with Gasteiger partial charge in [0, 0.05) is 29.7 Å². The number of carbonyl (C=O) groups is 1. The van der Waals surface area contributed by atoms with Crippen LogP contribution in [0.1, 0.15) is 6.92 Å². The van der Waals surface area contributed by atoms with Gasteiger partial charge in [0.1, 0.15) is 5.82 Å². The lowest BCUT2D eigenvalue weighted by Crippen LogP contribution is -2.13. The van der Waals surface area contributed by atoms with E-state index >= 15 is 0 Å². The zero-order valence-electron chi connectivity index (χ0n) is 14.9. The van der Waals surface area contributed by atoms with Gasteiger partial charge in [-0.3, -0.25) is 9.52 Å². The summed E-state index contributed by atoms with van der Waals surface area (Å²) in [7, 11) is -3.77. The fourth-order valence-corrected chi connectivity index (χ4v) is 3.55. The van der Waals surface area contributed by atoms with Crippen molar-refractivity contribution in [2.75, 3.05) is 15.4 Å². The molecule has 0 saturated carbocycles. The van der Waals surface area contributed by atoms with Crippen LogP contribution < -0.4 is 15.4 Å². The number of hydrogen-bond donors (Lipinski definition) is 3. The number of sulfonamides is 1. The number of halogens is 1. The first-order chi connectivity index (χ1) is 13.3. The largest absolute Gasteiger partial charge is 0.355 e. The van der Waals surface area contributed by atoms with Gasteiger partial charge in [-0.2, -0.15) is 0 Å². The van der Waals surface area contributed by atoms with E-state index in [1.54, 1.807) is 36.4 Å². The number of nitrogens with one attached hydrogen (secondary N) is 3. The summed E-state index contributed by atoms with van der Waals surface area (Å²) in [6.45, 7) is 1.37. The summed E-state index contributed by atoms with van der Waals surface area (Å²) < 4.78 is 40.7. The van der Waals surface area contributed by atoms with Crippen LogP contribution in [0.4, 0.5) is 27.1 Å². The second kappa shape index (κ2) is 8.10. The minimum absolute atomic E-state index is 0.0727. The molecule has 3 aromatic carbocycles. The molecule has 0 atom stereocenters. The Balaban J connectivity index is 1.69. The Hall–Kier alpha value is -3.39. The van der Waals surface area contributed by atoms with Gasteiger partial charge in [-0.05, 0) is 66.7 Å². The topological polar surface area (TPSA) is 87.3 Å². The number of amides is 1. The fourth-order valence-electron chi connectivity index (χ4n) is 2.49. The van der Waals surface area contributed by atoms with E-state index in [-0.39, 0.29) is 16.6 Å². The molecule has 0 aliphatic heterocycles. The summed E-state index contributed by atoms with van der Waals surface area (Å²) in [5.74, 6) is -0.584. The number of benzene rings is 3. The Morgan fingerprint density at radius 3 is 2.04 bits per heavy atom. The van der Waals surface area contributed by atoms with Gasteiger partial charge in [0.25, 0.3) is 10.0 Å². The highest BCUT2D eigenvalue weighted by Gasteiger charge is 2.14. The predicted octanol–water partition coefficient (Wildman–Crippen LogP) is 4.33. The van der Waals surface area contributed by atoms with E-state index in [0.717, 1.165) is 0 Å². The first kappa shape index (κ1) is 19.4. The highest BCUT2D eigenvalue weighted by molar-refractivity contribution is 7.92. The van der Waals surface area contributed by atoms with Crippen molar-refractivity contribution in [3.63, 3.8) is 0 Å². The number of carbonyl (C=O) groups excluding carboxylic acids is 1. The lowest BCUT2D eigenvalue weighted by atomic mass is 10.2. The van der Waals surface area contributed by atoms with E-state index in [9.17, 15) is 17.6 Å². The van der Waals surface area contributed by atoms with Crippen molar-refractivity contribution in [2.45, 2.75) is 11.8 Å². The summed E-state index contributed by atoms with van der Waals surface area (Å²) in [6, 6.07) is 18.5. The molecule has 3 N–H and O–H groups in total. The molecule has 0 radical (unpaired) electrons. The van der Waals surface area contributed by atoms with E-state index in [4.69, 9.17) is 0 Å². The first-order valence-electron chi connectivity index (χ1n) is 8.35. The van der Waals surface area contributed by atoms with E-state index in [1.807, 2.05) is 0 Å². The molecule has 0 unspecified atom stereocenters. The van der Waals surface area contributed by atoms with Crippen LogP contribution in [0, 0.1) is 5.82 Å². The Kier molecular flexibility index (Phi) is 5.60. The van der Waals surface area contributed by atoms with Gasteiger partial charge < -0.3 is 10.6 Å². The zero-order valence-corrected chi connectivity index (χ0v) is 15.8. The average Bonchev–Trinajstić information content (AvgIpc) is 2.63. The second-order valence-corrected chi connectivity index (χ2v) is 7.71. The third-order valence-electron chi connectivity index (χ3n) is 3.74. The molecule has 3 rings (SSSR count). The maximum absolute atomic E-state index is 13.2. The average molecular weight is 399 g/mol. The van der Waals surface area contributed by atoms with Crippen molar-refractivity contribution in [3.05, 3.63) is 78.6 Å². The molecular weight excluding hydrogens is 381 g/mol. The smallest absolute Gasteiger partial charge is 0.261 e. The van der Waals surface area contributed by atoms with Crippen LogP contribution in [0.15, 0.2) is 77.7 Å².